The van der Waals surface area contributed by atoms with Gasteiger partial charge in [-0.1, -0.05) is 18.2 Å². The molecule has 156 valence electrons. The van der Waals surface area contributed by atoms with Crippen LogP contribution in [0.4, 0.5) is 11.6 Å². The highest BCUT2D eigenvalue weighted by molar-refractivity contribution is 6.05. The third kappa shape index (κ3) is 3.73. The lowest BCUT2D eigenvalue weighted by atomic mass is 10.1. The number of aromatic nitrogens is 2. The molecule has 1 N–H and O–H groups in total. The lowest BCUT2D eigenvalue weighted by Gasteiger charge is -2.15. The van der Waals surface area contributed by atoms with Gasteiger partial charge in [0.15, 0.2) is 0 Å². The first-order valence-electron chi connectivity index (χ1n) is 9.83. The van der Waals surface area contributed by atoms with Crippen LogP contribution in [0.3, 0.4) is 0 Å². The fourth-order valence-electron chi connectivity index (χ4n) is 3.76. The van der Waals surface area contributed by atoms with E-state index in [0.29, 0.717) is 37.0 Å². The predicted molar refractivity (Wildman–Crippen MR) is 114 cm³/mol. The fourth-order valence-corrected chi connectivity index (χ4v) is 3.76. The number of hydrogen-bond acceptors (Lipinski definition) is 5. The molecule has 0 spiro atoms. The quantitative estimate of drug-likeness (QED) is 0.579. The van der Waals surface area contributed by atoms with E-state index in [1.54, 1.807) is 43.4 Å². The Morgan fingerprint density at radius 1 is 1.17 bits per heavy atom. The smallest absolute Gasteiger partial charge is 0.253 e. The number of benzene rings is 2. The van der Waals surface area contributed by atoms with Gasteiger partial charge >= 0.3 is 0 Å². The molecule has 2 heterocycles. The minimum Gasteiger partial charge on any atom is -0.497 e. The topological polar surface area (TPSA) is 85.7 Å². The normalized spacial score (nSPS) is 15.5. The number of amides is 2. The molecular formula is C22H24N4O4. The van der Waals surface area contributed by atoms with Gasteiger partial charge < -0.3 is 14.8 Å². The van der Waals surface area contributed by atoms with Crippen molar-refractivity contribution in [1.29, 1.82) is 0 Å². The maximum Gasteiger partial charge on any atom is 0.253 e. The highest BCUT2D eigenvalue weighted by atomic mass is 16.5. The molecule has 0 saturated heterocycles. The van der Waals surface area contributed by atoms with Gasteiger partial charge in [0, 0.05) is 32.0 Å². The third-order valence-electron chi connectivity index (χ3n) is 5.14. The van der Waals surface area contributed by atoms with Gasteiger partial charge in [-0.3, -0.25) is 19.1 Å². The minimum absolute atomic E-state index is 0.0180. The Kier molecular flexibility index (Phi) is 5.67. The largest absolute Gasteiger partial charge is 0.497 e. The highest BCUT2D eigenvalue weighted by Gasteiger charge is 2.40. The van der Waals surface area contributed by atoms with E-state index >= 15 is 0 Å². The Bertz CT molecular complexity index is 1080. The second-order valence-electron chi connectivity index (χ2n) is 7.11. The number of para-hydroxylation sites is 2. The highest BCUT2D eigenvalue weighted by Crippen LogP contribution is 2.36. The summed E-state index contributed by atoms with van der Waals surface area (Å²) in [6.07, 6.45) is 0.707. The van der Waals surface area contributed by atoms with Crippen LogP contribution in [-0.4, -0.2) is 48.7 Å². The van der Waals surface area contributed by atoms with Gasteiger partial charge in [0.1, 0.15) is 11.8 Å². The van der Waals surface area contributed by atoms with Crippen LogP contribution in [-0.2, 0) is 14.3 Å². The SMILES string of the molecule is COCCCN1C(=O)[C@@H](CC(=O)Nc2cccc(OC)c2)n2c1nc1ccccc12. The van der Waals surface area contributed by atoms with Gasteiger partial charge in [-0.15, -0.1) is 0 Å². The number of anilines is 2. The molecule has 0 fully saturated rings. The van der Waals surface area contributed by atoms with E-state index < -0.39 is 6.04 Å². The van der Waals surface area contributed by atoms with E-state index in [2.05, 4.69) is 10.3 Å². The van der Waals surface area contributed by atoms with Crippen molar-refractivity contribution in [2.45, 2.75) is 18.9 Å². The van der Waals surface area contributed by atoms with Gasteiger partial charge in [-0.2, -0.15) is 0 Å². The molecule has 1 aromatic heterocycles. The van der Waals surface area contributed by atoms with Crippen LogP contribution >= 0.6 is 0 Å². The molecule has 30 heavy (non-hydrogen) atoms. The van der Waals surface area contributed by atoms with Crippen LogP contribution in [0.25, 0.3) is 11.0 Å². The molecule has 0 bridgehead atoms. The van der Waals surface area contributed by atoms with Crippen LogP contribution < -0.4 is 15.0 Å². The molecule has 4 rings (SSSR count). The molecular weight excluding hydrogens is 384 g/mol. The molecule has 1 atom stereocenters. The van der Waals surface area contributed by atoms with Crippen molar-refractivity contribution in [2.24, 2.45) is 0 Å². The maximum atomic E-state index is 13.2. The first kappa shape index (κ1) is 19.9. The summed E-state index contributed by atoms with van der Waals surface area (Å²) in [6, 6.07) is 14.1. The molecule has 0 radical (unpaired) electrons. The van der Waals surface area contributed by atoms with E-state index in [9.17, 15) is 9.59 Å². The third-order valence-corrected chi connectivity index (χ3v) is 5.14. The van der Waals surface area contributed by atoms with E-state index in [1.165, 1.54) is 0 Å². The molecule has 3 aromatic rings. The molecule has 0 unspecified atom stereocenters. The van der Waals surface area contributed by atoms with E-state index in [1.807, 2.05) is 28.8 Å². The van der Waals surface area contributed by atoms with Crippen LogP contribution in [0.1, 0.15) is 18.9 Å². The number of ether oxygens (including phenoxy) is 2. The lowest BCUT2D eigenvalue weighted by Crippen LogP contribution is -2.32. The number of hydrogen-bond donors (Lipinski definition) is 1. The van der Waals surface area contributed by atoms with Gasteiger partial charge in [0.25, 0.3) is 5.91 Å². The minimum atomic E-state index is -0.638. The average molecular weight is 408 g/mol. The Hall–Kier alpha value is -3.39. The Morgan fingerprint density at radius 3 is 2.80 bits per heavy atom. The number of fused-ring (bicyclic) bond motifs is 3. The summed E-state index contributed by atoms with van der Waals surface area (Å²) in [5.74, 6) is 0.859. The van der Waals surface area contributed by atoms with Crippen molar-refractivity contribution in [2.75, 3.05) is 37.6 Å². The Morgan fingerprint density at radius 2 is 2.00 bits per heavy atom. The summed E-state index contributed by atoms with van der Waals surface area (Å²) in [4.78, 5) is 32.2. The van der Waals surface area contributed by atoms with Gasteiger partial charge in [0.2, 0.25) is 11.9 Å². The first-order chi connectivity index (χ1) is 14.6. The molecule has 0 saturated carbocycles. The molecule has 2 aromatic carbocycles. The van der Waals surface area contributed by atoms with Gasteiger partial charge in [-0.05, 0) is 30.7 Å². The van der Waals surface area contributed by atoms with E-state index in [-0.39, 0.29) is 18.2 Å². The zero-order valence-corrected chi connectivity index (χ0v) is 17.0. The summed E-state index contributed by atoms with van der Waals surface area (Å²) in [5.41, 5.74) is 2.27. The van der Waals surface area contributed by atoms with Crippen molar-refractivity contribution in [3.63, 3.8) is 0 Å². The fraction of sp³-hybridized carbons (Fsp3) is 0.318. The zero-order chi connectivity index (χ0) is 21.1. The van der Waals surface area contributed by atoms with Crippen molar-refractivity contribution >= 4 is 34.5 Å². The number of rotatable bonds is 8. The zero-order valence-electron chi connectivity index (χ0n) is 17.0. The number of carbonyl (C=O) groups excluding carboxylic acids is 2. The molecule has 8 nitrogen and oxygen atoms in total. The van der Waals surface area contributed by atoms with Crippen LogP contribution in [0.2, 0.25) is 0 Å². The van der Waals surface area contributed by atoms with E-state index in [4.69, 9.17) is 9.47 Å². The summed E-state index contributed by atoms with van der Waals surface area (Å²) >= 11 is 0. The Balaban J connectivity index is 1.59. The predicted octanol–water partition coefficient (Wildman–Crippen LogP) is 3.00. The van der Waals surface area contributed by atoms with Crippen LogP contribution in [0.15, 0.2) is 48.5 Å². The summed E-state index contributed by atoms with van der Waals surface area (Å²) < 4.78 is 12.2. The monoisotopic (exact) mass is 408 g/mol. The molecule has 8 heteroatoms. The standard InChI is InChI=1S/C22H24N4O4/c1-29-12-6-11-25-21(28)19(26-18-10-4-3-9-17(18)24-22(25)26)14-20(27)23-15-7-5-8-16(13-15)30-2/h3-5,7-10,13,19H,6,11-12,14H2,1-2H3,(H,23,27)/t19-/m1/s1. The summed E-state index contributed by atoms with van der Waals surface area (Å²) in [7, 11) is 3.20. The number of carbonyl (C=O) groups is 2. The number of imidazole rings is 1. The Labute approximate surface area is 174 Å². The number of nitrogens with zero attached hydrogens (tertiary/aromatic N) is 3. The van der Waals surface area contributed by atoms with E-state index in [0.717, 1.165) is 11.0 Å². The van der Waals surface area contributed by atoms with Crippen molar-refractivity contribution in [3.8, 4) is 5.75 Å². The summed E-state index contributed by atoms with van der Waals surface area (Å²) in [6.45, 7) is 1.04. The molecule has 2 amide bonds. The lowest BCUT2D eigenvalue weighted by molar-refractivity contribution is -0.124. The van der Waals surface area contributed by atoms with Crippen LogP contribution in [0, 0.1) is 0 Å². The summed E-state index contributed by atoms with van der Waals surface area (Å²) in [5, 5.41) is 2.86. The second kappa shape index (κ2) is 8.54. The first-order valence-corrected chi connectivity index (χ1v) is 9.83. The second-order valence-corrected chi connectivity index (χ2v) is 7.11. The van der Waals surface area contributed by atoms with Gasteiger partial charge in [0.05, 0.1) is 24.6 Å². The number of nitrogens with one attached hydrogen (secondary N) is 1. The van der Waals surface area contributed by atoms with Gasteiger partial charge in [-0.25, -0.2) is 4.98 Å². The maximum absolute atomic E-state index is 13.2. The van der Waals surface area contributed by atoms with Crippen molar-refractivity contribution in [1.82, 2.24) is 9.55 Å². The average Bonchev–Trinajstić information content (AvgIpc) is 3.24. The van der Waals surface area contributed by atoms with Crippen LogP contribution in [0.5, 0.6) is 5.75 Å². The molecule has 1 aliphatic heterocycles. The number of methoxy groups -OCH3 is 2. The molecule has 0 aliphatic carbocycles. The van der Waals surface area contributed by atoms with Crippen molar-refractivity contribution < 1.29 is 19.1 Å². The van der Waals surface area contributed by atoms with Crippen molar-refractivity contribution in [3.05, 3.63) is 48.5 Å². The molecule has 1 aliphatic rings.